The summed E-state index contributed by atoms with van der Waals surface area (Å²) in [6, 6.07) is 3.20. The van der Waals surface area contributed by atoms with Gasteiger partial charge in [-0.25, -0.2) is 9.18 Å². The van der Waals surface area contributed by atoms with Gasteiger partial charge in [0.05, 0.1) is 6.61 Å². The highest BCUT2D eigenvalue weighted by atomic mass is 19.1. The number of benzene rings is 1. The van der Waals surface area contributed by atoms with Crippen LogP contribution in [-0.2, 0) is 4.74 Å². The molecule has 22 heavy (non-hydrogen) atoms. The van der Waals surface area contributed by atoms with Crippen molar-refractivity contribution in [3.63, 3.8) is 0 Å². The predicted octanol–water partition coefficient (Wildman–Crippen LogP) is -1.30. The van der Waals surface area contributed by atoms with Gasteiger partial charge in [0.2, 0.25) is 6.29 Å². The first-order valence-electron chi connectivity index (χ1n) is 6.35. The smallest absolute Gasteiger partial charge is 0.339 e. The summed E-state index contributed by atoms with van der Waals surface area (Å²) in [6.45, 7) is -0.687. The molecule has 0 aliphatic carbocycles. The normalized spacial score (nSPS) is 31.8. The van der Waals surface area contributed by atoms with Crippen LogP contribution in [0, 0.1) is 5.82 Å². The van der Waals surface area contributed by atoms with Gasteiger partial charge < -0.3 is 35.0 Å². The standard InChI is InChI=1S/C13H15FO8/c14-6-3-1-2-5(12(19)20)11(6)22-13-10(18)9(17)8(16)7(4-15)21-13/h1-3,7-10,13,15-18H,4H2,(H,19,20)/t7-,8-,9+,10-,13?/m1/s1. The van der Waals surface area contributed by atoms with Crippen LogP contribution >= 0.6 is 0 Å². The summed E-state index contributed by atoms with van der Waals surface area (Å²) in [5, 5.41) is 47.1. The Morgan fingerprint density at radius 2 is 1.91 bits per heavy atom. The van der Waals surface area contributed by atoms with E-state index < -0.39 is 60.4 Å². The van der Waals surface area contributed by atoms with Gasteiger partial charge in [0.1, 0.15) is 30.0 Å². The van der Waals surface area contributed by atoms with E-state index in [0.29, 0.717) is 0 Å². The molecule has 0 spiro atoms. The molecular formula is C13H15FO8. The van der Waals surface area contributed by atoms with E-state index in [1.807, 2.05) is 0 Å². The molecule has 0 amide bonds. The summed E-state index contributed by atoms with van der Waals surface area (Å²) < 4.78 is 23.8. The van der Waals surface area contributed by atoms with Gasteiger partial charge in [-0.2, -0.15) is 0 Å². The topological polar surface area (TPSA) is 137 Å². The molecule has 1 aromatic carbocycles. The maximum absolute atomic E-state index is 13.8. The Labute approximate surface area is 124 Å². The van der Waals surface area contributed by atoms with Crippen LogP contribution in [0.15, 0.2) is 18.2 Å². The number of para-hydroxylation sites is 1. The Balaban J connectivity index is 2.28. The fourth-order valence-electron chi connectivity index (χ4n) is 2.08. The molecule has 1 aliphatic heterocycles. The van der Waals surface area contributed by atoms with Gasteiger partial charge in [-0.05, 0) is 12.1 Å². The average molecular weight is 318 g/mol. The minimum absolute atomic E-state index is 0.503. The number of carboxylic acid groups (broad SMARTS) is 1. The molecule has 1 aromatic rings. The molecule has 2 rings (SSSR count). The number of carbonyl (C=O) groups is 1. The number of halogens is 1. The van der Waals surface area contributed by atoms with E-state index in [9.17, 15) is 24.5 Å². The lowest BCUT2D eigenvalue weighted by Gasteiger charge is -2.39. The van der Waals surface area contributed by atoms with Crippen LogP contribution < -0.4 is 4.74 Å². The summed E-state index contributed by atoms with van der Waals surface area (Å²) in [4.78, 5) is 11.1. The number of aliphatic hydroxyl groups is 4. The first-order chi connectivity index (χ1) is 10.4. The molecular weight excluding hydrogens is 303 g/mol. The van der Waals surface area contributed by atoms with Crippen LogP contribution in [0.5, 0.6) is 5.75 Å². The zero-order valence-electron chi connectivity index (χ0n) is 11.2. The Morgan fingerprint density at radius 3 is 2.50 bits per heavy atom. The van der Waals surface area contributed by atoms with Gasteiger partial charge >= 0.3 is 5.97 Å². The van der Waals surface area contributed by atoms with E-state index in [1.54, 1.807) is 0 Å². The van der Waals surface area contributed by atoms with Gasteiger partial charge in [-0.15, -0.1) is 0 Å². The Hall–Kier alpha value is -1.78. The number of hydrogen-bond donors (Lipinski definition) is 5. The zero-order valence-corrected chi connectivity index (χ0v) is 11.2. The summed E-state index contributed by atoms with van der Waals surface area (Å²) in [5.41, 5.74) is -0.503. The van der Waals surface area contributed by atoms with E-state index in [1.165, 1.54) is 6.07 Å². The van der Waals surface area contributed by atoms with Gasteiger partial charge in [-0.1, -0.05) is 6.07 Å². The van der Waals surface area contributed by atoms with Crippen LogP contribution in [0.2, 0.25) is 0 Å². The van der Waals surface area contributed by atoms with Crippen molar-refractivity contribution in [3.8, 4) is 5.75 Å². The van der Waals surface area contributed by atoms with Crippen molar-refractivity contribution in [1.82, 2.24) is 0 Å². The van der Waals surface area contributed by atoms with Crippen LogP contribution in [0.1, 0.15) is 10.4 Å². The molecule has 5 atom stereocenters. The first kappa shape index (κ1) is 16.6. The van der Waals surface area contributed by atoms with E-state index in [4.69, 9.17) is 19.7 Å². The lowest BCUT2D eigenvalue weighted by atomic mass is 9.99. The summed E-state index contributed by atoms with van der Waals surface area (Å²) in [6.07, 6.45) is -7.98. The molecule has 1 aliphatic rings. The minimum Gasteiger partial charge on any atom is -0.478 e. The number of ether oxygens (including phenoxy) is 2. The van der Waals surface area contributed by atoms with E-state index >= 15 is 0 Å². The molecule has 0 radical (unpaired) electrons. The van der Waals surface area contributed by atoms with Gasteiger partial charge in [0.15, 0.2) is 11.6 Å². The molecule has 1 heterocycles. The number of carboxylic acids is 1. The third kappa shape index (κ3) is 3.03. The highest BCUT2D eigenvalue weighted by Crippen LogP contribution is 2.28. The monoisotopic (exact) mass is 318 g/mol. The average Bonchev–Trinajstić information content (AvgIpc) is 2.49. The molecule has 0 bridgehead atoms. The second-order valence-corrected chi connectivity index (χ2v) is 4.74. The van der Waals surface area contributed by atoms with Crippen molar-refractivity contribution in [2.75, 3.05) is 6.61 Å². The number of rotatable bonds is 4. The van der Waals surface area contributed by atoms with Gasteiger partial charge in [-0.3, -0.25) is 0 Å². The van der Waals surface area contributed by atoms with Crippen LogP contribution in [0.4, 0.5) is 4.39 Å². The molecule has 1 fully saturated rings. The minimum atomic E-state index is -1.76. The lowest BCUT2D eigenvalue weighted by Crippen LogP contribution is -2.60. The number of aliphatic hydroxyl groups excluding tert-OH is 4. The third-order valence-electron chi connectivity index (χ3n) is 3.28. The highest BCUT2D eigenvalue weighted by Gasteiger charge is 2.45. The quantitative estimate of drug-likeness (QED) is 0.462. The molecule has 1 unspecified atom stereocenters. The number of aromatic carboxylic acids is 1. The molecule has 0 saturated carbocycles. The Kier molecular flexibility index (Phi) is 4.94. The maximum Gasteiger partial charge on any atom is 0.339 e. The number of hydrogen-bond acceptors (Lipinski definition) is 7. The molecule has 0 aromatic heterocycles. The van der Waals surface area contributed by atoms with E-state index in [2.05, 4.69) is 0 Å². The largest absolute Gasteiger partial charge is 0.478 e. The van der Waals surface area contributed by atoms with Crippen molar-refractivity contribution in [2.45, 2.75) is 30.7 Å². The molecule has 122 valence electrons. The molecule has 9 heteroatoms. The van der Waals surface area contributed by atoms with E-state index in [-0.39, 0.29) is 0 Å². The van der Waals surface area contributed by atoms with Crippen molar-refractivity contribution in [1.29, 1.82) is 0 Å². The van der Waals surface area contributed by atoms with E-state index in [0.717, 1.165) is 12.1 Å². The SMILES string of the molecule is O=C(O)c1cccc(F)c1OC1O[C@H](CO)[C@@H](O)[C@H](O)[C@H]1O. The van der Waals surface area contributed by atoms with Crippen molar-refractivity contribution < 1.29 is 44.2 Å². The summed E-state index contributed by atoms with van der Waals surface area (Å²) in [5.74, 6) is -3.14. The second kappa shape index (κ2) is 6.55. The third-order valence-corrected chi connectivity index (χ3v) is 3.28. The van der Waals surface area contributed by atoms with Crippen LogP contribution in [0.25, 0.3) is 0 Å². The van der Waals surface area contributed by atoms with Gasteiger partial charge in [0, 0.05) is 0 Å². The maximum atomic E-state index is 13.8. The molecule has 5 N–H and O–H groups in total. The zero-order chi connectivity index (χ0) is 16.4. The first-order valence-corrected chi connectivity index (χ1v) is 6.35. The highest BCUT2D eigenvalue weighted by molar-refractivity contribution is 5.90. The van der Waals surface area contributed by atoms with Crippen LogP contribution in [0.3, 0.4) is 0 Å². The molecule has 1 saturated heterocycles. The fraction of sp³-hybridized carbons (Fsp3) is 0.462. The van der Waals surface area contributed by atoms with Crippen LogP contribution in [-0.4, -0.2) is 68.8 Å². The predicted molar refractivity (Wildman–Crippen MR) is 67.8 cm³/mol. The van der Waals surface area contributed by atoms with Crippen molar-refractivity contribution in [2.24, 2.45) is 0 Å². The van der Waals surface area contributed by atoms with Crippen molar-refractivity contribution >= 4 is 5.97 Å². The van der Waals surface area contributed by atoms with Gasteiger partial charge in [0.25, 0.3) is 0 Å². The van der Waals surface area contributed by atoms with Crippen molar-refractivity contribution in [3.05, 3.63) is 29.6 Å². The summed E-state index contributed by atoms with van der Waals surface area (Å²) >= 11 is 0. The Morgan fingerprint density at radius 1 is 1.23 bits per heavy atom. The summed E-state index contributed by atoms with van der Waals surface area (Å²) in [7, 11) is 0. The lowest BCUT2D eigenvalue weighted by molar-refractivity contribution is -0.278. The second-order valence-electron chi connectivity index (χ2n) is 4.74. The molecule has 8 nitrogen and oxygen atoms in total. The Bertz CT molecular complexity index is 549. The fourth-order valence-corrected chi connectivity index (χ4v) is 2.08.